The van der Waals surface area contributed by atoms with Crippen molar-refractivity contribution >= 4 is 23.5 Å². The van der Waals surface area contributed by atoms with Gasteiger partial charge in [0.05, 0.1) is 17.5 Å². The maximum atomic E-state index is 12.2. The van der Waals surface area contributed by atoms with Gasteiger partial charge in [0.15, 0.2) is 0 Å². The van der Waals surface area contributed by atoms with Crippen molar-refractivity contribution in [1.29, 1.82) is 0 Å². The third-order valence-electron chi connectivity index (χ3n) is 4.54. The summed E-state index contributed by atoms with van der Waals surface area (Å²) in [5.74, 6) is -1.29. The quantitative estimate of drug-likeness (QED) is 0.545. The fraction of sp³-hybridized carbons (Fsp3) is 0.381. The number of pyridine rings is 1. The first kappa shape index (κ1) is 22.6. The van der Waals surface area contributed by atoms with Crippen LogP contribution in [-0.4, -0.2) is 34.6 Å². The lowest BCUT2D eigenvalue weighted by Gasteiger charge is -2.20. The van der Waals surface area contributed by atoms with Crippen molar-refractivity contribution in [3.05, 3.63) is 58.9 Å². The van der Waals surface area contributed by atoms with Gasteiger partial charge < -0.3 is 20.9 Å². The number of ether oxygens (including phenoxy) is 1. The molecule has 1 aromatic heterocycles. The minimum atomic E-state index is -0.966. The molecule has 2 atom stereocenters. The normalized spacial score (nSPS) is 13.0. The molecule has 0 unspecified atom stereocenters. The smallest absolute Gasteiger partial charge is 0.304 e. The maximum absolute atomic E-state index is 12.2. The molecule has 2 rings (SSSR count). The summed E-state index contributed by atoms with van der Waals surface area (Å²) >= 11 is 6.24. The highest BCUT2D eigenvalue weighted by Crippen LogP contribution is 2.30. The Morgan fingerprint density at radius 3 is 2.55 bits per heavy atom. The zero-order chi connectivity index (χ0) is 21.4. The van der Waals surface area contributed by atoms with Gasteiger partial charge in [0.1, 0.15) is 12.4 Å². The van der Waals surface area contributed by atoms with Crippen LogP contribution in [0.3, 0.4) is 0 Å². The minimum absolute atomic E-state index is 0.0170. The van der Waals surface area contributed by atoms with Gasteiger partial charge in [-0.3, -0.25) is 14.6 Å². The molecule has 0 aliphatic carbocycles. The van der Waals surface area contributed by atoms with Gasteiger partial charge in [-0.15, -0.1) is 0 Å². The van der Waals surface area contributed by atoms with Crippen LogP contribution in [0.25, 0.3) is 0 Å². The van der Waals surface area contributed by atoms with Crippen LogP contribution in [0.2, 0.25) is 5.02 Å². The summed E-state index contributed by atoms with van der Waals surface area (Å²) in [6.07, 6.45) is 3.19. The molecule has 8 heteroatoms. The zero-order valence-corrected chi connectivity index (χ0v) is 17.2. The van der Waals surface area contributed by atoms with E-state index in [4.69, 9.17) is 22.1 Å². The molecule has 1 heterocycles. The fourth-order valence-electron chi connectivity index (χ4n) is 2.69. The lowest BCUT2D eigenvalue weighted by atomic mass is 9.95. The van der Waals surface area contributed by atoms with Crippen molar-refractivity contribution in [2.45, 2.75) is 38.8 Å². The van der Waals surface area contributed by atoms with Gasteiger partial charge in [-0.1, -0.05) is 31.5 Å². The van der Waals surface area contributed by atoms with E-state index < -0.39 is 17.9 Å². The lowest BCUT2D eigenvalue weighted by Crippen LogP contribution is -2.45. The molecule has 1 aromatic carbocycles. The number of nitrogens with one attached hydrogen (secondary N) is 1. The number of carboxylic acid groups (broad SMARTS) is 1. The number of benzene rings is 1. The highest BCUT2D eigenvalue weighted by molar-refractivity contribution is 6.32. The van der Waals surface area contributed by atoms with Crippen molar-refractivity contribution in [3.63, 3.8) is 0 Å². The number of aliphatic carboxylic acids is 1. The summed E-state index contributed by atoms with van der Waals surface area (Å²) in [4.78, 5) is 27.4. The highest BCUT2D eigenvalue weighted by atomic mass is 35.5. The monoisotopic (exact) mass is 419 g/mol. The number of hydrogen-bond donors (Lipinski definition) is 3. The van der Waals surface area contributed by atoms with E-state index in [1.165, 1.54) is 0 Å². The van der Waals surface area contributed by atoms with E-state index in [0.29, 0.717) is 22.9 Å². The first-order valence-electron chi connectivity index (χ1n) is 9.34. The van der Waals surface area contributed by atoms with E-state index in [-0.39, 0.29) is 24.8 Å². The van der Waals surface area contributed by atoms with Crippen molar-refractivity contribution in [2.24, 2.45) is 11.7 Å². The van der Waals surface area contributed by atoms with Crippen molar-refractivity contribution in [3.8, 4) is 5.75 Å². The summed E-state index contributed by atoms with van der Waals surface area (Å²) in [5.41, 5.74) is 7.49. The second-order valence-electron chi connectivity index (χ2n) is 7.14. The molecule has 7 nitrogen and oxygen atoms in total. The third-order valence-corrected chi connectivity index (χ3v) is 4.85. The van der Waals surface area contributed by atoms with Crippen molar-refractivity contribution < 1.29 is 19.4 Å². The first-order valence-corrected chi connectivity index (χ1v) is 9.72. The van der Waals surface area contributed by atoms with Crippen LogP contribution < -0.4 is 15.8 Å². The number of carbonyl (C=O) groups is 2. The average Bonchev–Trinajstić information content (AvgIpc) is 2.70. The molecule has 0 aliphatic heterocycles. The topological polar surface area (TPSA) is 115 Å². The number of amides is 1. The van der Waals surface area contributed by atoms with Gasteiger partial charge in [0, 0.05) is 24.9 Å². The summed E-state index contributed by atoms with van der Waals surface area (Å²) < 4.78 is 5.80. The minimum Gasteiger partial charge on any atom is -0.487 e. The summed E-state index contributed by atoms with van der Waals surface area (Å²) in [6, 6.07) is 8.13. The number of hydrogen-bond acceptors (Lipinski definition) is 5. The van der Waals surface area contributed by atoms with E-state index in [2.05, 4.69) is 10.3 Å². The van der Waals surface area contributed by atoms with Crippen molar-refractivity contribution in [2.75, 3.05) is 6.54 Å². The Labute approximate surface area is 175 Å². The van der Waals surface area contributed by atoms with Crippen LogP contribution >= 0.6 is 11.6 Å². The Morgan fingerprint density at radius 2 is 1.93 bits per heavy atom. The van der Waals surface area contributed by atoms with E-state index in [0.717, 1.165) is 5.56 Å². The predicted molar refractivity (Wildman–Crippen MR) is 111 cm³/mol. The standard InChI is InChI=1S/C21H26ClN3O4/c1-13(2)20(23)21(28)25-11-16(10-19(26)27)15-3-4-17(22)18(9-15)29-12-14-5-7-24-8-6-14/h3-9,13,16,20H,10-12,23H2,1-2H3,(H,25,28)(H,26,27)/t16-,20-/m0/s1. The van der Waals surface area contributed by atoms with Crippen LogP contribution in [0.1, 0.15) is 37.3 Å². The van der Waals surface area contributed by atoms with Crippen LogP contribution in [0, 0.1) is 5.92 Å². The zero-order valence-electron chi connectivity index (χ0n) is 16.5. The molecule has 0 saturated carbocycles. The van der Waals surface area contributed by atoms with Gasteiger partial charge in [-0.05, 0) is 41.3 Å². The Hall–Kier alpha value is -2.64. The number of nitrogens with zero attached hydrogens (tertiary/aromatic N) is 1. The summed E-state index contributed by atoms with van der Waals surface area (Å²) in [6.45, 7) is 4.15. The SMILES string of the molecule is CC(C)[C@H](N)C(=O)NC[C@H](CC(=O)O)c1ccc(Cl)c(OCc2ccncc2)c1. The highest BCUT2D eigenvalue weighted by Gasteiger charge is 2.21. The van der Waals surface area contributed by atoms with Gasteiger partial charge >= 0.3 is 5.97 Å². The molecule has 0 spiro atoms. The van der Waals surface area contributed by atoms with Gasteiger partial charge in [-0.2, -0.15) is 0 Å². The molecule has 4 N–H and O–H groups in total. The Kier molecular flexibility index (Phi) is 8.42. The first-order chi connectivity index (χ1) is 13.8. The van der Waals surface area contributed by atoms with E-state index in [9.17, 15) is 14.7 Å². The van der Waals surface area contributed by atoms with Crippen LogP contribution in [0.4, 0.5) is 0 Å². The second kappa shape index (κ2) is 10.8. The second-order valence-corrected chi connectivity index (χ2v) is 7.55. The molecule has 0 bridgehead atoms. The number of nitrogens with two attached hydrogens (primary N) is 1. The molecule has 0 radical (unpaired) electrons. The molecule has 156 valence electrons. The molecule has 0 aliphatic rings. The third kappa shape index (κ3) is 7.03. The molecular formula is C21H26ClN3O4. The largest absolute Gasteiger partial charge is 0.487 e. The Balaban J connectivity index is 2.13. The summed E-state index contributed by atoms with van der Waals surface area (Å²) in [5, 5.41) is 12.5. The van der Waals surface area contributed by atoms with Gasteiger partial charge in [-0.25, -0.2) is 0 Å². The van der Waals surface area contributed by atoms with E-state index in [1.807, 2.05) is 26.0 Å². The van der Waals surface area contributed by atoms with E-state index in [1.54, 1.807) is 30.6 Å². The maximum Gasteiger partial charge on any atom is 0.304 e. The number of carboxylic acids is 1. The molecule has 0 fully saturated rings. The number of aromatic nitrogens is 1. The average molecular weight is 420 g/mol. The van der Waals surface area contributed by atoms with Crippen molar-refractivity contribution in [1.82, 2.24) is 10.3 Å². The molecule has 0 saturated heterocycles. The lowest BCUT2D eigenvalue weighted by molar-refractivity contribution is -0.137. The molecule has 1 amide bonds. The van der Waals surface area contributed by atoms with Crippen LogP contribution in [0.15, 0.2) is 42.7 Å². The van der Waals surface area contributed by atoms with Crippen LogP contribution in [-0.2, 0) is 16.2 Å². The number of carbonyl (C=O) groups excluding carboxylic acids is 1. The molecule has 29 heavy (non-hydrogen) atoms. The van der Waals surface area contributed by atoms with Crippen LogP contribution in [0.5, 0.6) is 5.75 Å². The van der Waals surface area contributed by atoms with Gasteiger partial charge in [0.2, 0.25) is 5.91 Å². The molecular weight excluding hydrogens is 394 g/mol. The number of rotatable bonds is 10. The number of halogens is 1. The molecule has 2 aromatic rings. The van der Waals surface area contributed by atoms with E-state index >= 15 is 0 Å². The van der Waals surface area contributed by atoms with Gasteiger partial charge in [0.25, 0.3) is 0 Å². The fourth-order valence-corrected chi connectivity index (χ4v) is 2.86. The Morgan fingerprint density at radius 1 is 1.24 bits per heavy atom. The predicted octanol–water partition coefficient (Wildman–Crippen LogP) is 2.97. The Bertz CT molecular complexity index is 830. The summed E-state index contributed by atoms with van der Waals surface area (Å²) in [7, 11) is 0.